The molecule has 0 aliphatic carbocycles. The molecular weight excluding hydrogens is 254 g/mol. The van der Waals surface area contributed by atoms with Crippen LogP contribution in [-0.4, -0.2) is 35.4 Å². The molecule has 0 saturated carbocycles. The van der Waals surface area contributed by atoms with Crippen molar-refractivity contribution in [3.8, 4) is 0 Å². The zero-order valence-electron chi connectivity index (χ0n) is 12.9. The molecule has 1 aromatic rings. The van der Waals surface area contributed by atoms with E-state index in [9.17, 15) is 9.90 Å². The minimum absolute atomic E-state index is 0.303. The Balaban J connectivity index is 2.43. The molecule has 0 spiro atoms. The largest absolute Gasteiger partial charge is 0.478 e. The van der Waals surface area contributed by atoms with Crippen molar-refractivity contribution in [3.63, 3.8) is 0 Å². The lowest BCUT2D eigenvalue weighted by molar-refractivity contribution is -0.133. The summed E-state index contributed by atoms with van der Waals surface area (Å²) in [4.78, 5) is 13.6. The van der Waals surface area contributed by atoms with E-state index >= 15 is 0 Å². The summed E-state index contributed by atoms with van der Waals surface area (Å²) in [7, 11) is 0. The first-order valence-electron chi connectivity index (χ1n) is 6.89. The molecule has 2 rings (SSSR count). The van der Waals surface area contributed by atoms with Crippen molar-refractivity contribution in [2.45, 2.75) is 45.8 Å². The summed E-state index contributed by atoms with van der Waals surface area (Å²) < 4.78 is 6.05. The summed E-state index contributed by atoms with van der Waals surface area (Å²) in [6, 6.07) is 5.58. The van der Waals surface area contributed by atoms with Crippen molar-refractivity contribution in [1.29, 1.82) is 0 Å². The number of benzene rings is 1. The van der Waals surface area contributed by atoms with Gasteiger partial charge in [-0.2, -0.15) is 0 Å². The van der Waals surface area contributed by atoms with Crippen LogP contribution in [0.4, 0.5) is 5.69 Å². The van der Waals surface area contributed by atoms with Gasteiger partial charge in [-0.1, -0.05) is 11.6 Å². The van der Waals surface area contributed by atoms with Gasteiger partial charge in [-0.05, 0) is 46.8 Å². The predicted octanol–water partition coefficient (Wildman–Crippen LogP) is 3.09. The number of carbonyl (C=O) groups is 1. The fourth-order valence-corrected chi connectivity index (χ4v) is 3.05. The first-order valence-corrected chi connectivity index (χ1v) is 6.89. The first kappa shape index (κ1) is 14.9. The Labute approximate surface area is 120 Å². The van der Waals surface area contributed by atoms with Crippen molar-refractivity contribution < 1.29 is 14.6 Å². The standard InChI is InChI=1S/C16H23NO3/c1-11-6-7-13(12(8-11)14(18)19)17-9-15(2,3)20-16(4,5)10-17/h6-8H,9-10H2,1-5H3,(H,18,19). The molecule has 0 amide bonds. The van der Waals surface area contributed by atoms with Crippen LogP contribution in [0.5, 0.6) is 0 Å². The molecule has 20 heavy (non-hydrogen) atoms. The molecule has 0 aromatic heterocycles. The first-order chi connectivity index (χ1) is 9.10. The quantitative estimate of drug-likeness (QED) is 0.902. The van der Waals surface area contributed by atoms with Crippen molar-refractivity contribution in [2.75, 3.05) is 18.0 Å². The van der Waals surface area contributed by atoms with E-state index in [-0.39, 0.29) is 11.2 Å². The molecule has 0 atom stereocenters. The monoisotopic (exact) mass is 277 g/mol. The minimum atomic E-state index is -0.884. The normalized spacial score (nSPS) is 20.8. The average Bonchev–Trinajstić information content (AvgIpc) is 2.24. The number of carboxylic acid groups (broad SMARTS) is 1. The van der Waals surface area contributed by atoms with Crippen LogP contribution < -0.4 is 4.90 Å². The predicted molar refractivity (Wildman–Crippen MR) is 79.6 cm³/mol. The van der Waals surface area contributed by atoms with E-state index in [0.29, 0.717) is 18.7 Å². The van der Waals surface area contributed by atoms with Gasteiger partial charge in [0.05, 0.1) is 22.5 Å². The molecule has 0 unspecified atom stereocenters. The maximum Gasteiger partial charge on any atom is 0.337 e. The maximum absolute atomic E-state index is 11.5. The second-order valence-electron chi connectivity index (χ2n) is 6.80. The number of aromatic carboxylic acids is 1. The number of rotatable bonds is 2. The fraction of sp³-hybridized carbons (Fsp3) is 0.562. The number of hydrogen-bond acceptors (Lipinski definition) is 3. The van der Waals surface area contributed by atoms with Gasteiger partial charge in [0.15, 0.2) is 0 Å². The van der Waals surface area contributed by atoms with E-state index in [4.69, 9.17) is 4.74 Å². The lowest BCUT2D eigenvalue weighted by atomic mass is 9.97. The average molecular weight is 277 g/mol. The van der Waals surface area contributed by atoms with Gasteiger partial charge in [-0.3, -0.25) is 0 Å². The van der Waals surface area contributed by atoms with Gasteiger partial charge >= 0.3 is 5.97 Å². The highest BCUT2D eigenvalue weighted by Gasteiger charge is 2.39. The number of hydrogen-bond donors (Lipinski definition) is 1. The van der Waals surface area contributed by atoms with Crippen LogP contribution in [-0.2, 0) is 4.74 Å². The summed E-state index contributed by atoms with van der Waals surface area (Å²) in [6.07, 6.45) is 0. The van der Waals surface area contributed by atoms with Gasteiger partial charge in [-0.15, -0.1) is 0 Å². The zero-order chi connectivity index (χ0) is 15.1. The van der Waals surface area contributed by atoms with Gasteiger partial charge in [-0.25, -0.2) is 4.79 Å². The molecule has 0 radical (unpaired) electrons. The van der Waals surface area contributed by atoms with Gasteiger partial charge in [0.25, 0.3) is 0 Å². The van der Waals surface area contributed by atoms with Crippen molar-refractivity contribution in [2.24, 2.45) is 0 Å². The Morgan fingerprint density at radius 2 is 1.75 bits per heavy atom. The topological polar surface area (TPSA) is 49.8 Å². The molecule has 4 nitrogen and oxygen atoms in total. The second-order valence-corrected chi connectivity index (χ2v) is 6.80. The molecule has 1 saturated heterocycles. The molecule has 110 valence electrons. The Morgan fingerprint density at radius 3 is 2.25 bits per heavy atom. The van der Waals surface area contributed by atoms with Crippen molar-refractivity contribution in [3.05, 3.63) is 29.3 Å². The van der Waals surface area contributed by atoms with Gasteiger partial charge in [0.1, 0.15) is 0 Å². The second kappa shape index (κ2) is 4.77. The molecule has 0 bridgehead atoms. The van der Waals surface area contributed by atoms with E-state index in [0.717, 1.165) is 11.3 Å². The lowest BCUT2D eigenvalue weighted by Crippen LogP contribution is -2.57. The number of nitrogens with zero attached hydrogens (tertiary/aromatic N) is 1. The highest BCUT2D eigenvalue weighted by atomic mass is 16.5. The lowest BCUT2D eigenvalue weighted by Gasteiger charge is -2.48. The number of morpholine rings is 1. The van der Waals surface area contributed by atoms with Crippen LogP contribution in [0.1, 0.15) is 43.6 Å². The Kier molecular flexibility index (Phi) is 3.54. The maximum atomic E-state index is 11.5. The van der Waals surface area contributed by atoms with Gasteiger partial charge < -0.3 is 14.7 Å². The number of carboxylic acids is 1. The number of aryl methyl sites for hydroxylation is 1. The van der Waals surface area contributed by atoms with E-state index in [2.05, 4.69) is 4.90 Å². The van der Waals surface area contributed by atoms with Crippen molar-refractivity contribution >= 4 is 11.7 Å². The summed E-state index contributed by atoms with van der Waals surface area (Å²) in [6.45, 7) is 11.4. The minimum Gasteiger partial charge on any atom is -0.478 e. The molecule has 1 aromatic carbocycles. The molecular formula is C16H23NO3. The third-order valence-corrected chi connectivity index (χ3v) is 3.42. The highest BCUT2D eigenvalue weighted by molar-refractivity contribution is 5.94. The summed E-state index contributed by atoms with van der Waals surface area (Å²) in [5.74, 6) is -0.884. The van der Waals surface area contributed by atoms with Crippen LogP contribution >= 0.6 is 0 Å². The third-order valence-electron chi connectivity index (χ3n) is 3.42. The highest BCUT2D eigenvalue weighted by Crippen LogP contribution is 2.33. The molecule has 1 fully saturated rings. The Hall–Kier alpha value is -1.55. The summed E-state index contributed by atoms with van der Waals surface area (Å²) in [5.41, 5.74) is 1.48. The zero-order valence-corrected chi connectivity index (χ0v) is 12.9. The Morgan fingerprint density at radius 1 is 1.20 bits per heavy atom. The van der Waals surface area contributed by atoms with Gasteiger partial charge in [0.2, 0.25) is 0 Å². The smallest absolute Gasteiger partial charge is 0.337 e. The summed E-state index contributed by atoms with van der Waals surface area (Å²) >= 11 is 0. The molecule has 1 aliphatic heterocycles. The van der Waals surface area contributed by atoms with Crippen LogP contribution in [0.2, 0.25) is 0 Å². The van der Waals surface area contributed by atoms with E-state index in [1.807, 2.05) is 46.8 Å². The van der Waals surface area contributed by atoms with Crippen LogP contribution in [0, 0.1) is 6.92 Å². The third kappa shape index (κ3) is 3.12. The molecule has 1 N–H and O–H groups in total. The fourth-order valence-electron chi connectivity index (χ4n) is 3.05. The number of ether oxygens (including phenoxy) is 1. The van der Waals surface area contributed by atoms with Crippen LogP contribution in [0.3, 0.4) is 0 Å². The van der Waals surface area contributed by atoms with Crippen molar-refractivity contribution in [1.82, 2.24) is 0 Å². The number of anilines is 1. The van der Waals surface area contributed by atoms with E-state index < -0.39 is 5.97 Å². The molecule has 4 heteroatoms. The van der Waals surface area contributed by atoms with E-state index in [1.165, 1.54) is 0 Å². The van der Waals surface area contributed by atoms with Crippen LogP contribution in [0.25, 0.3) is 0 Å². The molecule has 1 heterocycles. The molecule has 1 aliphatic rings. The van der Waals surface area contributed by atoms with E-state index in [1.54, 1.807) is 6.07 Å². The SMILES string of the molecule is Cc1ccc(N2CC(C)(C)OC(C)(C)C2)c(C(=O)O)c1. The van der Waals surface area contributed by atoms with Crippen LogP contribution in [0.15, 0.2) is 18.2 Å². The Bertz CT molecular complexity index is 519. The van der Waals surface area contributed by atoms with Gasteiger partial charge in [0, 0.05) is 13.1 Å². The summed E-state index contributed by atoms with van der Waals surface area (Å²) in [5, 5.41) is 9.42.